The molecule has 1 fully saturated rings. The molecule has 0 amide bonds. The van der Waals surface area contributed by atoms with Crippen molar-refractivity contribution in [2.45, 2.75) is 52.2 Å². The second-order valence-corrected chi connectivity index (χ2v) is 7.03. The number of anilines is 1. The summed E-state index contributed by atoms with van der Waals surface area (Å²) in [6.07, 6.45) is 4.95. The van der Waals surface area contributed by atoms with Crippen molar-refractivity contribution in [2.75, 3.05) is 18.0 Å². The molecule has 0 aliphatic carbocycles. The number of hydrogen-bond acceptors (Lipinski definition) is 5. The third-order valence-electron chi connectivity index (χ3n) is 4.89. The van der Waals surface area contributed by atoms with Crippen molar-refractivity contribution in [1.29, 1.82) is 0 Å². The van der Waals surface area contributed by atoms with Crippen LogP contribution in [0.25, 0.3) is 0 Å². The minimum atomic E-state index is -0.278. The van der Waals surface area contributed by atoms with E-state index >= 15 is 0 Å². The summed E-state index contributed by atoms with van der Waals surface area (Å²) >= 11 is 0. The molecule has 0 aromatic carbocycles. The lowest BCUT2D eigenvalue weighted by Gasteiger charge is -2.32. The molecule has 1 aromatic rings. The Kier molecular flexibility index (Phi) is 3.77. The van der Waals surface area contributed by atoms with Gasteiger partial charge in [0.1, 0.15) is 11.6 Å². The maximum absolute atomic E-state index is 6.13. The highest BCUT2D eigenvalue weighted by Crippen LogP contribution is 2.39. The molecule has 1 saturated heterocycles. The highest BCUT2D eigenvalue weighted by Gasteiger charge is 2.52. The molecule has 0 saturated carbocycles. The molecule has 6 heteroatoms. The van der Waals surface area contributed by atoms with E-state index in [4.69, 9.17) is 9.31 Å². The zero-order valence-corrected chi connectivity index (χ0v) is 14.1. The molecule has 0 atom stereocenters. The van der Waals surface area contributed by atoms with Gasteiger partial charge in [0.25, 0.3) is 0 Å². The van der Waals surface area contributed by atoms with Crippen molar-refractivity contribution in [1.82, 2.24) is 9.97 Å². The van der Waals surface area contributed by atoms with Gasteiger partial charge >= 0.3 is 7.12 Å². The Bertz CT molecular complexity index is 585. The molecule has 0 spiro atoms. The Labute approximate surface area is 132 Å². The van der Waals surface area contributed by atoms with Crippen molar-refractivity contribution < 1.29 is 9.31 Å². The average molecular weight is 301 g/mol. The monoisotopic (exact) mass is 301 g/mol. The quantitative estimate of drug-likeness (QED) is 0.786. The van der Waals surface area contributed by atoms with Crippen LogP contribution in [0.15, 0.2) is 23.8 Å². The zero-order valence-electron chi connectivity index (χ0n) is 14.1. The Morgan fingerprint density at radius 1 is 1.18 bits per heavy atom. The summed E-state index contributed by atoms with van der Waals surface area (Å²) in [4.78, 5) is 10.9. The third kappa shape index (κ3) is 2.77. The average Bonchev–Trinajstić information content (AvgIpc) is 2.68. The smallest absolute Gasteiger partial charge is 0.400 e. The highest BCUT2D eigenvalue weighted by molar-refractivity contribution is 6.54. The summed E-state index contributed by atoms with van der Waals surface area (Å²) in [6.45, 7) is 12.0. The molecular weight excluding hydrogens is 277 g/mol. The van der Waals surface area contributed by atoms with Gasteiger partial charge in [-0.3, -0.25) is 0 Å². The van der Waals surface area contributed by atoms with Crippen molar-refractivity contribution in [3.05, 3.63) is 29.6 Å². The minimum absolute atomic E-state index is 0.223. The van der Waals surface area contributed by atoms with E-state index in [-0.39, 0.29) is 18.3 Å². The van der Waals surface area contributed by atoms with Gasteiger partial charge < -0.3 is 14.2 Å². The van der Waals surface area contributed by atoms with E-state index in [0.29, 0.717) is 0 Å². The molecule has 2 aliphatic heterocycles. The molecule has 3 rings (SSSR count). The van der Waals surface area contributed by atoms with Crippen molar-refractivity contribution in [3.8, 4) is 0 Å². The van der Waals surface area contributed by atoms with E-state index in [1.54, 1.807) is 0 Å². The van der Waals surface area contributed by atoms with Gasteiger partial charge in [0.2, 0.25) is 0 Å². The predicted molar refractivity (Wildman–Crippen MR) is 87.8 cm³/mol. The fourth-order valence-corrected chi connectivity index (χ4v) is 2.72. The molecule has 0 N–H and O–H groups in total. The zero-order chi connectivity index (χ0) is 16.0. The molecule has 0 radical (unpaired) electrons. The van der Waals surface area contributed by atoms with Crippen molar-refractivity contribution >= 4 is 12.9 Å². The number of rotatable bonds is 2. The third-order valence-corrected chi connectivity index (χ3v) is 4.89. The number of aromatic nitrogens is 2. The number of nitrogens with zero attached hydrogens (tertiary/aromatic N) is 3. The van der Waals surface area contributed by atoms with Gasteiger partial charge in [0.05, 0.1) is 11.2 Å². The summed E-state index contributed by atoms with van der Waals surface area (Å²) in [5, 5.41) is 0. The first kappa shape index (κ1) is 15.5. The summed E-state index contributed by atoms with van der Waals surface area (Å²) in [6, 6.07) is 1.96. The van der Waals surface area contributed by atoms with Crippen LogP contribution in [-0.2, 0) is 9.31 Å². The predicted octanol–water partition coefficient (Wildman–Crippen LogP) is 2.55. The summed E-state index contributed by atoms with van der Waals surface area (Å²) in [5.41, 5.74) is 0.680. The highest BCUT2D eigenvalue weighted by atomic mass is 16.7. The molecular formula is C16H24BN3O2. The first-order valence-corrected chi connectivity index (χ1v) is 7.88. The maximum Gasteiger partial charge on any atom is 0.490 e. The van der Waals surface area contributed by atoms with Crippen molar-refractivity contribution in [2.24, 2.45) is 0 Å². The van der Waals surface area contributed by atoms with Crippen LogP contribution in [-0.4, -0.2) is 41.4 Å². The van der Waals surface area contributed by atoms with Crippen LogP contribution < -0.4 is 4.90 Å². The normalized spacial score (nSPS) is 23.6. The topological polar surface area (TPSA) is 47.5 Å². The molecule has 0 bridgehead atoms. The first-order chi connectivity index (χ1) is 10.3. The van der Waals surface area contributed by atoms with E-state index in [1.807, 2.05) is 19.2 Å². The second-order valence-electron chi connectivity index (χ2n) is 7.03. The van der Waals surface area contributed by atoms with E-state index in [9.17, 15) is 0 Å². The van der Waals surface area contributed by atoms with Gasteiger partial charge in [-0.15, -0.1) is 0 Å². The molecule has 22 heavy (non-hydrogen) atoms. The lowest BCUT2D eigenvalue weighted by atomic mass is 9.75. The fourth-order valence-electron chi connectivity index (χ4n) is 2.72. The summed E-state index contributed by atoms with van der Waals surface area (Å²) in [7, 11) is -0.223. The lowest BCUT2D eigenvalue weighted by molar-refractivity contribution is 0.00578. The lowest BCUT2D eigenvalue weighted by Crippen LogP contribution is -2.41. The first-order valence-electron chi connectivity index (χ1n) is 7.88. The Morgan fingerprint density at radius 2 is 1.86 bits per heavy atom. The van der Waals surface area contributed by atoms with E-state index in [2.05, 4.69) is 48.6 Å². The maximum atomic E-state index is 6.13. The molecule has 118 valence electrons. The Balaban J connectivity index is 1.70. The van der Waals surface area contributed by atoms with Crippen LogP contribution in [0.4, 0.5) is 5.82 Å². The summed E-state index contributed by atoms with van der Waals surface area (Å²) < 4.78 is 12.3. The van der Waals surface area contributed by atoms with E-state index < -0.39 is 0 Å². The molecule has 1 aromatic heterocycles. The van der Waals surface area contributed by atoms with Crippen LogP contribution in [0, 0.1) is 6.92 Å². The molecule has 0 unspecified atom stereocenters. The van der Waals surface area contributed by atoms with Gasteiger partial charge in [-0.2, -0.15) is 0 Å². The van der Waals surface area contributed by atoms with Gasteiger partial charge in [-0.1, -0.05) is 6.08 Å². The molecule has 5 nitrogen and oxygen atoms in total. The number of hydrogen-bond donors (Lipinski definition) is 0. The minimum Gasteiger partial charge on any atom is -0.400 e. The van der Waals surface area contributed by atoms with E-state index in [1.165, 1.54) is 5.47 Å². The van der Waals surface area contributed by atoms with Gasteiger partial charge in [-0.25, -0.2) is 9.97 Å². The van der Waals surface area contributed by atoms with E-state index in [0.717, 1.165) is 31.2 Å². The largest absolute Gasteiger partial charge is 0.490 e. The standard InChI is InChI=1S/C16H24BN3O2/c1-12-18-9-6-14(19-12)20-10-7-13(8-11-20)17-21-15(2,3)16(4,5)22-17/h6-7,9H,8,10-11H2,1-5H3. The molecule has 3 heterocycles. The van der Waals surface area contributed by atoms with Crippen LogP contribution in [0.3, 0.4) is 0 Å². The Morgan fingerprint density at radius 3 is 2.41 bits per heavy atom. The van der Waals surface area contributed by atoms with Gasteiger partial charge in [0, 0.05) is 19.3 Å². The Hall–Kier alpha value is -1.40. The molecule has 2 aliphatic rings. The summed E-state index contributed by atoms with van der Waals surface area (Å²) in [5.74, 6) is 1.79. The van der Waals surface area contributed by atoms with Gasteiger partial charge in [-0.05, 0) is 52.6 Å². The van der Waals surface area contributed by atoms with Crippen LogP contribution in [0.1, 0.15) is 39.9 Å². The SMILES string of the molecule is Cc1nccc(N2CC=C(B3OC(C)(C)C(C)(C)O3)CC2)n1. The van der Waals surface area contributed by atoms with Crippen LogP contribution in [0.5, 0.6) is 0 Å². The number of aryl methyl sites for hydroxylation is 1. The van der Waals surface area contributed by atoms with Crippen LogP contribution >= 0.6 is 0 Å². The van der Waals surface area contributed by atoms with Crippen LogP contribution in [0.2, 0.25) is 0 Å². The second kappa shape index (κ2) is 5.35. The van der Waals surface area contributed by atoms with Crippen molar-refractivity contribution in [3.63, 3.8) is 0 Å². The fraction of sp³-hybridized carbons (Fsp3) is 0.625. The van der Waals surface area contributed by atoms with Gasteiger partial charge in [0.15, 0.2) is 0 Å².